The van der Waals surface area contributed by atoms with Gasteiger partial charge < -0.3 is 4.57 Å². The molecule has 0 amide bonds. The summed E-state index contributed by atoms with van der Waals surface area (Å²) in [5.41, 5.74) is 0. The highest BCUT2D eigenvalue weighted by Crippen LogP contribution is 2.47. The van der Waals surface area contributed by atoms with Crippen LogP contribution >= 0.6 is 7.14 Å². The van der Waals surface area contributed by atoms with Gasteiger partial charge in [-0.25, -0.2) is 0 Å². The lowest BCUT2D eigenvalue weighted by Crippen LogP contribution is -1.99. The Kier molecular flexibility index (Phi) is 3.91. The second-order valence-corrected chi connectivity index (χ2v) is 5.54. The average Bonchev–Trinajstić information content (AvgIpc) is 2.20. The largest absolute Gasteiger partial charge is 0.310 e. The summed E-state index contributed by atoms with van der Waals surface area (Å²) >= 11 is 0. The number of rotatable bonds is 3. The third kappa shape index (κ3) is 2.46. The quantitative estimate of drug-likeness (QED) is 0.688. The first-order chi connectivity index (χ1) is 6.73. The van der Waals surface area contributed by atoms with Gasteiger partial charge in [0.25, 0.3) is 0 Å². The van der Waals surface area contributed by atoms with Crippen LogP contribution in [-0.2, 0) is 4.57 Å². The van der Waals surface area contributed by atoms with Gasteiger partial charge in [-0.15, -0.1) is 0 Å². The van der Waals surface area contributed by atoms with E-state index in [1.165, 1.54) is 0 Å². The highest BCUT2D eigenvalue weighted by molar-refractivity contribution is 7.77. The van der Waals surface area contributed by atoms with E-state index >= 15 is 0 Å². The summed E-state index contributed by atoms with van der Waals surface area (Å²) in [4.78, 5) is 0. The minimum Gasteiger partial charge on any atom is -0.310 e. The maximum absolute atomic E-state index is 12.4. The molecule has 0 fully saturated rings. The van der Waals surface area contributed by atoms with E-state index in [9.17, 15) is 4.57 Å². The van der Waals surface area contributed by atoms with Crippen molar-refractivity contribution in [2.24, 2.45) is 0 Å². The zero-order valence-electron chi connectivity index (χ0n) is 8.55. The molecule has 1 aromatic carbocycles. The van der Waals surface area contributed by atoms with Crippen molar-refractivity contribution in [2.75, 3.05) is 0 Å². The van der Waals surface area contributed by atoms with Crippen LogP contribution in [0, 0.1) is 0 Å². The molecule has 0 saturated carbocycles. The molecule has 0 N–H and O–H groups in total. The second kappa shape index (κ2) is 4.97. The minimum absolute atomic E-state index is 0.885. The molecule has 74 valence electrons. The normalized spacial score (nSPS) is 16.1. The van der Waals surface area contributed by atoms with E-state index in [2.05, 4.69) is 0 Å². The van der Waals surface area contributed by atoms with Crippen LogP contribution < -0.4 is 5.30 Å². The first-order valence-electron chi connectivity index (χ1n) is 4.65. The Labute approximate surface area is 85.5 Å². The summed E-state index contributed by atoms with van der Waals surface area (Å²) in [6.07, 6.45) is 3.68. The zero-order chi connectivity index (χ0) is 10.4. The third-order valence-corrected chi connectivity index (χ3v) is 4.49. The predicted molar refractivity (Wildman–Crippen MR) is 63.3 cm³/mol. The van der Waals surface area contributed by atoms with Gasteiger partial charge in [-0.2, -0.15) is 0 Å². The topological polar surface area (TPSA) is 17.1 Å². The molecular formula is C12H15OP. The number of allylic oxidation sites excluding steroid dienone is 2. The van der Waals surface area contributed by atoms with Crippen LogP contribution in [0.2, 0.25) is 0 Å². The lowest BCUT2D eigenvalue weighted by molar-refractivity contribution is 0.591. The average molecular weight is 206 g/mol. The van der Waals surface area contributed by atoms with Crippen LogP contribution in [0.5, 0.6) is 0 Å². The van der Waals surface area contributed by atoms with E-state index in [1.807, 2.05) is 56.3 Å². The number of hydrogen-bond donors (Lipinski definition) is 0. The van der Waals surface area contributed by atoms with Crippen molar-refractivity contribution < 1.29 is 4.57 Å². The summed E-state index contributed by atoms with van der Waals surface area (Å²) in [5, 5.41) is 0.885. The Morgan fingerprint density at radius 2 is 1.50 bits per heavy atom. The lowest BCUT2D eigenvalue weighted by atomic mass is 10.4. The van der Waals surface area contributed by atoms with Crippen molar-refractivity contribution in [1.82, 2.24) is 0 Å². The maximum atomic E-state index is 12.4. The summed E-state index contributed by atoms with van der Waals surface area (Å²) in [7, 11) is -2.43. The number of benzene rings is 1. The van der Waals surface area contributed by atoms with Crippen molar-refractivity contribution in [3.8, 4) is 0 Å². The van der Waals surface area contributed by atoms with Gasteiger partial charge in [0.1, 0.15) is 0 Å². The molecule has 2 heteroatoms. The first-order valence-corrected chi connectivity index (χ1v) is 6.50. The molecule has 0 atom stereocenters. The fourth-order valence-corrected chi connectivity index (χ4v) is 3.29. The highest BCUT2D eigenvalue weighted by Gasteiger charge is 2.15. The predicted octanol–water partition coefficient (Wildman–Crippen LogP) is 3.74. The molecule has 0 saturated heterocycles. The molecule has 1 rings (SSSR count). The zero-order valence-corrected chi connectivity index (χ0v) is 9.45. The molecule has 0 bridgehead atoms. The Morgan fingerprint density at radius 3 is 1.93 bits per heavy atom. The maximum Gasteiger partial charge on any atom is 0.156 e. The highest BCUT2D eigenvalue weighted by atomic mass is 31.2. The van der Waals surface area contributed by atoms with E-state index < -0.39 is 7.14 Å². The summed E-state index contributed by atoms with van der Waals surface area (Å²) < 4.78 is 12.4. The van der Waals surface area contributed by atoms with Gasteiger partial charge in [-0.05, 0) is 25.5 Å². The summed E-state index contributed by atoms with van der Waals surface area (Å²) in [6, 6.07) is 9.56. The molecule has 0 aliphatic carbocycles. The van der Waals surface area contributed by atoms with Crippen LogP contribution in [-0.4, -0.2) is 0 Å². The van der Waals surface area contributed by atoms with Gasteiger partial charge in [-0.1, -0.05) is 42.5 Å². The van der Waals surface area contributed by atoms with E-state index in [0.29, 0.717) is 0 Å². The smallest absolute Gasteiger partial charge is 0.156 e. The molecule has 14 heavy (non-hydrogen) atoms. The van der Waals surface area contributed by atoms with Crippen LogP contribution in [0.1, 0.15) is 13.8 Å². The molecule has 0 aliphatic rings. The summed E-state index contributed by atoms with van der Waals surface area (Å²) in [5.74, 6) is 3.56. The minimum atomic E-state index is -2.43. The first kappa shape index (κ1) is 11.0. The molecule has 0 heterocycles. The van der Waals surface area contributed by atoms with Crippen LogP contribution in [0.15, 0.2) is 54.1 Å². The molecular weight excluding hydrogens is 191 g/mol. The van der Waals surface area contributed by atoms with E-state index in [-0.39, 0.29) is 0 Å². The molecule has 1 nitrogen and oxygen atoms in total. The second-order valence-electron chi connectivity index (χ2n) is 3.01. The molecule has 0 spiro atoms. The lowest BCUT2D eigenvalue weighted by Gasteiger charge is -2.08. The molecule has 1 aromatic rings. The Bertz CT molecular complexity index is 361. The fraction of sp³-hybridized carbons (Fsp3) is 0.167. The van der Waals surface area contributed by atoms with Crippen molar-refractivity contribution in [3.63, 3.8) is 0 Å². The van der Waals surface area contributed by atoms with Gasteiger partial charge in [-0.3, -0.25) is 0 Å². The summed E-state index contributed by atoms with van der Waals surface area (Å²) in [6.45, 7) is 3.78. The van der Waals surface area contributed by atoms with E-state index in [0.717, 1.165) is 5.30 Å². The number of hydrogen-bond acceptors (Lipinski definition) is 1. The van der Waals surface area contributed by atoms with Gasteiger partial charge >= 0.3 is 0 Å². The van der Waals surface area contributed by atoms with Gasteiger partial charge in [0, 0.05) is 5.30 Å². The molecule has 0 unspecified atom stereocenters. The van der Waals surface area contributed by atoms with Crippen LogP contribution in [0.25, 0.3) is 0 Å². The van der Waals surface area contributed by atoms with Gasteiger partial charge in [0.15, 0.2) is 7.14 Å². The molecule has 0 aromatic heterocycles. The standard InChI is InChI=1S/C12H15OP/c1-3-10-14(13,11-4-2)12-8-6-5-7-9-12/h3-11H,1-2H3. The van der Waals surface area contributed by atoms with Crippen molar-refractivity contribution >= 4 is 12.4 Å². The van der Waals surface area contributed by atoms with Crippen molar-refractivity contribution in [2.45, 2.75) is 13.8 Å². The monoisotopic (exact) mass is 206 g/mol. The van der Waals surface area contributed by atoms with Crippen LogP contribution in [0.3, 0.4) is 0 Å². The van der Waals surface area contributed by atoms with E-state index in [1.54, 1.807) is 11.6 Å². The Morgan fingerprint density at radius 1 is 1.00 bits per heavy atom. The molecule has 0 aliphatic heterocycles. The van der Waals surface area contributed by atoms with Crippen molar-refractivity contribution in [1.29, 1.82) is 0 Å². The van der Waals surface area contributed by atoms with Crippen molar-refractivity contribution in [3.05, 3.63) is 54.1 Å². The van der Waals surface area contributed by atoms with E-state index in [4.69, 9.17) is 0 Å². The third-order valence-electron chi connectivity index (χ3n) is 1.90. The fourth-order valence-electron chi connectivity index (χ4n) is 1.33. The molecule has 0 radical (unpaired) electrons. The Balaban J connectivity index is 3.20. The van der Waals surface area contributed by atoms with Gasteiger partial charge in [0.05, 0.1) is 0 Å². The van der Waals surface area contributed by atoms with Gasteiger partial charge in [0.2, 0.25) is 0 Å². The Hall–Kier alpha value is -1.07. The SMILES string of the molecule is CC=CP(=O)(C=CC)c1ccccc1. The van der Waals surface area contributed by atoms with Crippen LogP contribution in [0.4, 0.5) is 0 Å².